The Morgan fingerprint density at radius 3 is 2.44 bits per heavy atom. The molecule has 0 saturated heterocycles. The smallest absolute Gasteiger partial charge is 0.263 e. The lowest BCUT2D eigenvalue weighted by Crippen LogP contribution is -2.14. The molecule has 3 aromatic rings. The van der Waals surface area contributed by atoms with Crippen LogP contribution in [0, 0.1) is 6.92 Å². The summed E-state index contributed by atoms with van der Waals surface area (Å²) < 4.78 is 31.8. The molecule has 1 heterocycles. The molecule has 10 heteroatoms. The second-order valence-corrected chi connectivity index (χ2v) is 7.98. The zero-order valence-electron chi connectivity index (χ0n) is 13.9. The van der Waals surface area contributed by atoms with E-state index in [4.69, 9.17) is 27.7 Å². The van der Waals surface area contributed by atoms with E-state index in [0.29, 0.717) is 11.4 Å². The Kier molecular flexibility index (Phi) is 5.41. The van der Waals surface area contributed by atoms with Crippen molar-refractivity contribution in [3.05, 3.63) is 69.9 Å². The Morgan fingerprint density at radius 1 is 1.11 bits per heavy atom. The summed E-state index contributed by atoms with van der Waals surface area (Å²) in [6, 6.07) is 11.8. The molecule has 0 unspecified atom stereocenters. The molecule has 0 atom stereocenters. The minimum absolute atomic E-state index is 0.00180. The van der Waals surface area contributed by atoms with Crippen molar-refractivity contribution in [2.24, 2.45) is 0 Å². The van der Waals surface area contributed by atoms with Gasteiger partial charge < -0.3 is 9.84 Å². The highest BCUT2D eigenvalue weighted by atomic mass is 35.5. The van der Waals surface area contributed by atoms with E-state index >= 15 is 0 Å². The summed E-state index contributed by atoms with van der Waals surface area (Å²) in [6.45, 7) is 1.65. The highest BCUT2D eigenvalue weighted by Crippen LogP contribution is 2.26. The number of sulfonamides is 1. The molecule has 0 radical (unpaired) electrons. The number of benzene rings is 2. The molecular weight excluding hydrogens is 413 g/mol. The number of aryl methyl sites for hydroxylation is 1. The summed E-state index contributed by atoms with van der Waals surface area (Å²) in [4.78, 5) is 12.3. The van der Waals surface area contributed by atoms with E-state index in [9.17, 15) is 13.2 Å². The Bertz CT molecular complexity index is 1100. The number of nitrogens with zero attached hydrogens (tertiary/aromatic N) is 1. The first kappa shape index (κ1) is 19.2. The van der Waals surface area contributed by atoms with E-state index in [1.807, 2.05) is 0 Å². The molecule has 2 N–H and O–H groups in total. The summed E-state index contributed by atoms with van der Waals surface area (Å²) in [6.07, 6.45) is 0. The van der Waals surface area contributed by atoms with Crippen molar-refractivity contribution >= 4 is 50.6 Å². The fourth-order valence-corrected chi connectivity index (χ4v) is 3.58. The maximum atomic E-state index is 12.3. The molecule has 0 aliphatic rings. The number of carbonyl (C=O) groups is 1. The summed E-state index contributed by atoms with van der Waals surface area (Å²) in [5, 5.41) is 6.63. The molecule has 0 spiro atoms. The highest BCUT2D eigenvalue weighted by molar-refractivity contribution is 7.92. The Hall–Kier alpha value is -2.55. The molecular formula is C17H13Cl2N3O4S. The summed E-state index contributed by atoms with van der Waals surface area (Å²) in [7, 11) is -3.83. The molecule has 0 saturated carbocycles. The van der Waals surface area contributed by atoms with Crippen molar-refractivity contribution in [2.45, 2.75) is 11.8 Å². The van der Waals surface area contributed by atoms with Crippen molar-refractivity contribution in [1.29, 1.82) is 0 Å². The van der Waals surface area contributed by atoms with Crippen LogP contribution in [0.4, 0.5) is 11.5 Å². The molecule has 0 bridgehead atoms. The van der Waals surface area contributed by atoms with Crippen molar-refractivity contribution in [3.63, 3.8) is 0 Å². The second kappa shape index (κ2) is 7.59. The van der Waals surface area contributed by atoms with Gasteiger partial charge in [0.25, 0.3) is 15.9 Å². The quantitative estimate of drug-likeness (QED) is 0.632. The van der Waals surface area contributed by atoms with Crippen LogP contribution in [0.2, 0.25) is 10.0 Å². The van der Waals surface area contributed by atoms with E-state index in [0.717, 1.165) is 0 Å². The first-order valence-electron chi connectivity index (χ1n) is 7.58. The lowest BCUT2D eigenvalue weighted by molar-refractivity contribution is 0.102. The van der Waals surface area contributed by atoms with Gasteiger partial charge in [0.2, 0.25) is 0 Å². The van der Waals surface area contributed by atoms with Crippen LogP contribution >= 0.6 is 23.2 Å². The van der Waals surface area contributed by atoms with E-state index in [1.54, 1.807) is 19.1 Å². The SMILES string of the molecule is Cc1cc(NS(=O)(=O)c2ccc(NC(=O)c3cccc(Cl)c3Cl)cc2)no1. The Balaban J connectivity index is 1.75. The third kappa shape index (κ3) is 4.41. The van der Waals surface area contributed by atoms with E-state index in [2.05, 4.69) is 15.2 Å². The van der Waals surface area contributed by atoms with Crippen LogP contribution in [0.5, 0.6) is 0 Å². The normalized spacial score (nSPS) is 11.2. The minimum atomic E-state index is -3.83. The lowest BCUT2D eigenvalue weighted by Gasteiger charge is -2.09. The van der Waals surface area contributed by atoms with Gasteiger partial charge in [0, 0.05) is 11.8 Å². The fraction of sp³-hybridized carbons (Fsp3) is 0.0588. The van der Waals surface area contributed by atoms with E-state index in [1.165, 1.54) is 36.4 Å². The first-order valence-corrected chi connectivity index (χ1v) is 9.82. The summed E-state index contributed by atoms with van der Waals surface area (Å²) >= 11 is 11.9. The number of rotatable bonds is 5. The van der Waals surface area contributed by atoms with Gasteiger partial charge in [-0.3, -0.25) is 9.52 Å². The van der Waals surface area contributed by atoms with Crippen molar-refractivity contribution in [2.75, 3.05) is 10.0 Å². The average molecular weight is 426 g/mol. The number of anilines is 2. The predicted octanol–water partition coefficient (Wildman–Crippen LogP) is 4.34. The molecule has 7 nitrogen and oxygen atoms in total. The zero-order chi connectivity index (χ0) is 19.6. The number of nitrogens with one attached hydrogen (secondary N) is 2. The van der Waals surface area contributed by atoms with Gasteiger partial charge in [0.05, 0.1) is 20.5 Å². The van der Waals surface area contributed by atoms with Gasteiger partial charge in [0.15, 0.2) is 5.82 Å². The largest absolute Gasteiger partial charge is 0.360 e. The van der Waals surface area contributed by atoms with Gasteiger partial charge >= 0.3 is 0 Å². The van der Waals surface area contributed by atoms with Gasteiger partial charge in [-0.15, -0.1) is 0 Å². The molecule has 140 valence electrons. The van der Waals surface area contributed by atoms with Crippen molar-refractivity contribution < 1.29 is 17.7 Å². The van der Waals surface area contributed by atoms with E-state index in [-0.39, 0.29) is 26.3 Å². The van der Waals surface area contributed by atoms with Crippen molar-refractivity contribution in [1.82, 2.24) is 5.16 Å². The fourth-order valence-electron chi connectivity index (χ4n) is 2.21. The number of amides is 1. The van der Waals surface area contributed by atoms with Crippen LogP contribution in [0.25, 0.3) is 0 Å². The average Bonchev–Trinajstić information content (AvgIpc) is 3.02. The minimum Gasteiger partial charge on any atom is -0.360 e. The van der Waals surface area contributed by atoms with Crippen LogP contribution in [-0.2, 0) is 10.0 Å². The molecule has 1 aromatic heterocycles. The molecule has 27 heavy (non-hydrogen) atoms. The van der Waals surface area contributed by atoms with Crippen molar-refractivity contribution in [3.8, 4) is 0 Å². The van der Waals surface area contributed by atoms with Gasteiger partial charge in [0.1, 0.15) is 5.76 Å². The molecule has 0 aliphatic carbocycles. The summed E-state index contributed by atoms with van der Waals surface area (Å²) in [5.74, 6) is 0.0974. The maximum absolute atomic E-state index is 12.3. The van der Waals surface area contributed by atoms with Crippen LogP contribution in [0.15, 0.2) is 57.9 Å². The highest BCUT2D eigenvalue weighted by Gasteiger charge is 2.17. The number of aromatic nitrogens is 1. The van der Waals surface area contributed by atoms with Gasteiger partial charge in [-0.05, 0) is 43.3 Å². The number of carbonyl (C=O) groups excluding carboxylic acids is 1. The Labute approximate surface area is 165 Å². The molecule has 2 aromatic carbocycles. The maximum Gasteiger partial charge on any atom is 0.263 e. The van der Waals surface area contributed by atoms with Crippen LogP contribution in [0.3, 0.4) is 0 Å². The number of hydrogen-bond acceptors (Lipinski definition) is 5. The zero-order valence-corrected chi connectivity index (χ0v) is 16.2. The second-order valence-electron chi connectivity index (χ2n) is 5.51. The molecule has 0 fully saturated rings. The van der Waals surface area contributed by atoms with E-state index < -0.39 is 15.9 Å². The molecule has 3 rings (SSSR count). The third-order valence-electron chi connectivity index (χ3n) is 3.49. The number of halogens is 2. The van der Waals surface area contributed by atoms with Gasteiger partial charge in [-0.25, -0.2) is 8.42 Å². The third-order valence-corrected chi connectivity index (χ3v) is 5.68. The summed E-state index contributed by atoms with van der Waals surface area (Å²) in [5.41, 5.74) is 0.608. The topological polar surface area (TPSA) is 101 Å². The van der Waals surface area contributed by atoms with Crippen LogP contribution in [0.1, 0.15) is 16.1 Å². The van der Waals surface area contributed by atoms with Crippen LogP contribution in [-0.4, -0.2) is 19.5 Å². The standard InChI is InChI=1S/C17H13Cl2N3O4S/c1-10-9-15(21-26-10)22-27(24,25)12-7-5-11(6-8-12)20-17(23)13-3-2-4-14(18)16(13)19/h2-9H,1H3,(H,20,23)(H,21,22). The monoisotopic (exact) mass is 425 g/mol. The Morgan fingerprint density at radius 2 is 1.81 bits per heavy atom. The van der Waals surface area contributed by atoms with Crippen LogP contribution < -0.4 is 10.0 Å². The predicted molar refractivity (Wildman–Crippen MR) is 103 cm³/mol. The molecule has 0 aliphatic heterocycles. The first-order chi connectivity index (χ1) is 12.8. The lowest BCUT2D eigenvalue weighted by atomic mass is 10.2. The molecule has 1 amide bonds. The number of hydrogen-bond donors (Lipinski definition) is 2. The van der Waals surface area contributed by atoms with Gasteiger partial charge in [-0.2, -0.15) is 0 Å². The van der Waals surface area contributed by atoms with Gasteiger partial charge in [-0.1, -0.05) is 34.4 Å².